The van der Waals surface area contributed by atoms with E-state index in [0.717, 1.165) is 0 Å². The third kappa shape index (κ3) is 7.27. The molecule has 1 saturated heterocycles. The van der Waals surface area contributed by atoms with Crippen LogP contribution in [0.4, 0.5) is 0 Å². The van der Waals surface area contributed by atoms with Gasteiger partial charge in [0.1, 0.15) is 0 Å². The molecule has 3 atom stereocenters. The van der Waals surface area contributed by atoms with Gasteiger partial charge in [-0.1, -0.05) is 6.04 Å². The van der Waals surface area contributed by atoms with Crippen molar-refractivity contribution in [2.75, 3.05) is 13.1 Å². The quantitative estimate of drug-likeness (QED) is 0.139. The van der Waals surface area contributed by atoms with Gasteiger partial charge in [-0.15, -0.1) is 17.9 Å². The van der Waals surface area contributed by atoms with Crippen LogP contribution in [0.25, 0.3) is 5.32 Å². The molecule has 1 fully saturated rings. The molecule has 0 aromatic carbocycles. The van der Waals surface area contributed by atoms with Gasteiger partial charge in [0.05, 0.1) is 6.04 Å². The summed E-state index contributed by atoms with van der Waals surface area (Å²) in [6, 6.07) is -1.34. The summed E-state index contributed by atoms with van der Waals surface area (Å²) in [7, 11) is 0. The number of carbonyl (C=O) groups excluding carboxylic acids is 2. The van der Waals surface area contributed by atoms with Crippen molar-refractivity contribution in [1.29, 1.82) is 0 Å². The Hall–Kier alpha value is -0.598. The summed E-state index contributed by atoms with van der Waals surface area (Å²) >= 11 is 1.22. The van der Waals surface area contributed by atoms with Crippen molar-refractivity contribution in [3.05, 3.63) is 21.9 Å². The first kappa shape index (κ1) is 22.4. The Morgan fingerprint density at radius 2 is 2.28 bits per heavy atom. The van der Waals surface area contributed by atoms with Crippen LogP contribution >= 0.6 is 11.3 Å². The van der Waals surface area contributed by atoms with Gasteiger partial charge in [-0.25, -0.2) is 4.98 Å². The second-order valence-corrected chi connectivity index (χ2v) is 6.38. The predicted octanol–water partition coefficient (Wildman–Crippen LogP) is -0.629. The fourth-order valence-corrected chi connectivity index (χ4v) is 3.01. The van der Waals surface area contributed by atoms with Crippen molar-refractivity contribution < 1.29 is 58.8 Å². The molecule has 0 bridgehead atoms. The number of aromatic nitrogens is 1. The van der Waals surface area contributed by atoms with Crippen molar-refractivity contribution in [3.63, 3.8) is 0 Å². The van der Waals surface area contributed by atoms with Gasteiger partial charge in [-0.2, -0.15) is 0 Å². The molecule has 135 valence electrons. The molecule has 1 aromatic rings. The molecule has 2 unspecified atom stereocenters. The molecule has 6 N–H and O–H groups in total. The van der Waals surface area contributed by atoms with E-state index in [4.69, 9.17) is 11.5 Å². The number of aliphatic hydroxyl groups is 1. The van der Waals surface area contributed by atoms with E-state index in [1.54, 1.807) is 11.6 Å². The Labute approximate surface area is 185 Å². The van der Waals surface area contributed by atoms with Crippen LogP contribution in [0, 0.1) is 44.1 Å². The van der Waals surface area contributed by atoms with Gasteiger partial charge in [0.15, 0.2) is 11.0 Å². The first-order chi connectivity index (χ1) is 11.5. The SMILES string of the molecule is NC(N)=NCCCC(NC(=O)[C@@H]1CC(O)C[N-]1)C(=O)c1nccs1.[Ac]. The fraction of sp³-hybridized carbons (Fsp3) is 0.571. The Balaban J connectivity index is 0.00000312. The minimum atomic E-state index is -0.717. The number of guanidine groups is 1. The molecule has 0 spiro atoms. The van der Waals surface area contributed by atoms with Gasteiger partial charge >= 0.3 is 0 Å². The van der Waals surface area contributed by atoms with Crippen molar-refractivity contribution in [2.45, 2.75) is 37.5 Å². The summed E-state index contributed by atoms with van der Waals surface area (Å²) in [4.78, 5) is 32.6. The van der Waals surface area contributed by atoms with E-state index in [0.29, 0.717) is 24.4 Å². The average Bonchev–Trinajstić information content (AvgIpc) is 3.20. The zero-order valence-electron chi connectivity index (χ0n) is 13.7. The number of aliphatic hydroxyl groups excluding tert-OH is 1. The van der Waals surface area contributed by atoms with Crippen LogP contribution in [-0.4, -0.2) is 59.0 Å². The third-order valence-corrected chi connectivity index (χ3v) is 4.34. The molecule has 1 aromatic heterocycles. The molecule has 1 radical (unpaired) electrons. The second-order valence-electron chi connectivity index (χ2n) is 5.48. The molecule has 1 aliphatic rings. The number of ketones is 1. The van der Waals surface area contributed by atoms with E-state index in [-0.39, 0.29) is 74.7 Å². The number of nitrogens with two attached hydrogens (primary N) is 2. The fourth-order valence-electron chi connectivity index (χ4n) is 2.38. The van der Waals surface area contributed by atoms with Crippen LogP contribution in [-0.2, 0) is 4.79 Å². The molecule has 11 heteroatoms. The largest absolute Gasteiger partial charge is 0.650 e. The van der Waals surface area contributed by atoms with Gasteiger partial charge in [0, 0.05) is 68.3 Å². The summed E-state index contributed by atoms with van der Waals surface area (Å²) in [5.41, 5.74) is 10.5. The maximum Gasteiger partial charge on any atom is 0.213 e. The van der Waals surface area contributed by atoms with Gasteiger partial charge in [0.25, 0.3) is 0 Å². The van der Waals surface area contributed by atoms with Gasteiger partial charge in [-0.05, 0) is 19.3 Å². The first-order valence-electron chi connectivity index (χ1n) is 7.61. The van der Waals surface area contributed by atoms with E-state index >= 15 is 0 Å². The molecule has 1 amide bonds. The molecule has 1 aliphatic heterocycles. The normalized spacial score (nSPS) is 20.4. The van der Waals surface area contributed by atoms with Crippen molar-refractivity contribution in [2.24, 2.45) is 16.5 Å². The molecule has 0 saturated carbocycles. The molecule has 9 nitrogen and oxygen atoms in total. The molecular formula is C14H21AcN6O3S-. The smallest absolute Gasteiger partial charge is 0.213 e. The van der Waals surface area contributed by atoms with Gasteiger partial charge in [-0.3, -0.25) is 14.6 Å². The molecular weight excluding hydrogens is 559 g/mol. The number of nitrogens with one attached hydrogen (secondary N) is 1. The number of Topliss-reactive ketones (excluding diaryl/α,β-unsaturated/α-hetero) is 1. The topological polar surface area (TPSA) is 158 Å². The van der Waals surface area contributed by atoms with Crippen LogP contribution < -0.4 is 16.8 Å². The summed E-state index contributed by atoms with van der Waals surface area (Å²) in [5, 5.41) is 18.3. The standard InChI is InChI=1S/C14H21N6O3S.Ac/c15-14(16)18-3-1-2-9(11(22)13-17-4-5-24-13)20-12(23)10-6-8(21)7-19-10;/h4-5,8-10,21H,1-3,6-7H2,(H,20,23)(H4,15,16,18);/q-1;/t8?,9?,10-;/m0./s1. The zero-order valence-corrected chi connectivity index (χ0v) is 19.2. The van der Waals surface area contributed by atoms with Gasteiger partial charge < -0.3 is 27.2 Å². The maximum atomic E-state index is 12.5. The molecule has 25 heavy (non-hydrogen) atoms. The monoisotopic (exact) mass is 580 g/mol. The Kier molecular flexibility index (Phi) is 10.0. The number of rotatable bonds is 8. The number of carbonyl (C=O) groups is 2. The first-order valence-corrected chi connectivity index (χ1v) is 8.49. The van der Waals surface area contributed by atoms with Crippen molar-refractivity contribution in [3.8, 4) is 0 Å². The van der Waals surface area contributed by atoms with E-state index in [9.17, 15) is 14.7 Å². The van der Waals surface area contributed by atoms with Gasteiger partial charge in [0.2, 0.25) is 11.7 Å². The van der Waals surface area contributed by atoms with E-state index in [1.165, 1.54) is 11.3 Å². The Morgan fingerprint density at radius 3 is 2.84 bits per heavy atom. The van der Waals surface area contributed by atoms with Crippen LogP contribution in [0.3, 0.4) is 0 Å². The van der Waals surface area contributed by atoms with E-state index in [2.05, 4.69) is 20.6 Å². The zero-order chi connectivity index (χ0) is 17.5. The second kappa shape index (κ2) is 11.2. The third-order valence-electron chi connectivity index (χ3n) is 3.56. The van der Waals surface area contributed by atoms with Crippen LogP contribution in [0.2, 0.25) is 0 Å². The molecule has 2 rings (SSSR count). The number of hydrogen-bond donors (Lipinski definition) is 4. The number of hydrogen-bond acceptors (Lipinski definition) is 6. The summed E-state index contributed by atoms with van der Waals surface area (Å²) in [6.07, 6.45) is 2.13. The van der Waals surface area contributed by atoms with Crippen molar-refractivity contribution in [1.82, 2.24) is 10.3 Å². The van der Waals surface area contributed by atoms with Crippen LogP contribution in [0.1, 0.15) is 29.1 Å². The summed E-state index contributed by atoms with van der Waals surface area (Å²) in [6.45, 7) is 0.611. The average molecular weight is 580 g/mol. The molecule has 0 aliphatic carbocycles. The molecule has 2 heterocycles. The Morgan fingerprint density at radius 1 is 1.52 bits per heavy atom. The summed E-state index contributed by atoms with van der Waals surface area (Å²) < 4.78 is 0. The number of thiazole rings is 1. The Bertz CT molecular complexity index is 593. The van der Waals surface area contributed by atoms with Crippen LogP contribution in [0.15, 0.2) is 16.6 Å². The number of nitrogens with zero attached hydrogens (tertiary/aromatic N) is 3. The minimum absolute atomic E-state index is 0. The maximum absolute atomic E-state index is 12.5. The minimum Gasteiger partial charge on any atom is -0.650 e. The van der Waals surface area contributed by atoms with Crippen molar-refractivity contribution >= 4 is 29.0 Å². The van der Waals surface area contributed by atoms with E-state index in [1.807, 2.05) is 0 Å². The number of aliphatic imine (C=N–C) groups is 1. The number of amides is 1. The predicted molar refractivity (Wildman–Crippen MR) is 90.9 cm³/mol. The van der Waals surface area contributed by atoms with Crippen LogP contribution in [0.5, 0.6) is 0 Å². The van der Waals surface area contributed by atoms with E-state index < -0.39 is 18.2 Å². The summed E-state index contributed by atoms with van der Waals surface area (Å²) in [5.74, 6) is -0.620.